The number of hydrogen-bond donors (Lipinski definition) is 3. The molecule has 2 aromatic carbocycles. The number of anilines is 1. The Morgan fingerprint density at radius 2 is 1.86 bits per heavy atom. The van der Waals surface area contributed by atoms with Gasteiger partial charge in [0.15, 0.2) is 11.6 Å². The van der Waals surface area contributed by atoms with Gasteiger partial charge in [0.05, 0.1) is 35.4 Å². The molecule has 0 fully saturated rings. The van der Waals surface area contributed by atoms with Gasteiger partial charge in [-0.1, -0.05) is 11.6 Å². The Morgan fingerprint density at radius 1 is 1.17 bits per heavy atom. The number of aromatic nitrogens is 1. The van der Waals surface area contributed by atoms with Gasteiger partial charge in [-0.3, -0.25) is 4.79 Å². The fourth-order valence-electron chi connectivity index (χ4n) is 3.88. The van der Waals surface area contributed by atoms with Gasteiger partial charge < -0.3 is 19.9 Å². The van der Waals surface area contributed by atoms with Gasteiger partial charge in [0.25, 0.3) is 5.56 Å². The lowest BCUT2D eigenvalue weighted by Gasteiger charge is -2.36. The van der Waals surface area contributed by atoms with Crippen LogP contribution in [0.4, 0.5) is 23.7 Å². The first-order chi connectivity index (χ1) is 16.4. The number of ether oxygens (including phenoxy) is 1. The minimum atomic E-state index is -4.02. The van der Waals surface area contributed by atoms with Crippen LogP contribution >= 0.6 is 11.6 Å². The number of benzene rings is 2. The van der Waals surface area contributed by atoms with Gasteiger partial charge in [-0.05, 0) is 35.7 Å². The third-order valence-electron chi connectivity index (χ3n) is 5.46. The summed E-state index contributed by atoms with van der Waals surface area (Å²) in [6.45, 7) is -0.666. The van der Waals surface area contributed by atoms with Crippen molar-refractivity contribution in [1.29, 1.82) is 0 Å². The van der Waals surface area contributed by atoms with E-state index < -0.39 is 57.4 Å². The Bertz CT molecular complexity index is 1500. The topological polar surface area (TPSA) is 135 Å². The molecule has 1 aliphatic heterocycles. The SMILES string of the molecule is NS(=O)(=O)CCN(C(=O)Nc1ccc(F)c(Cl)c1)[C@H]1COCc2[nH]c(=O)c3cc(F)c(F)cc3c21. The summed E-state index contributed by atoms with van der Waals surface area (Å²) in [5.74, 6) is -3.80. The largest absolute Gasteiger partial charge is 0.373 e. The van der Waals surface area contributed by atoms with Crippen LogP contribution in [0.15, 0.2) is 35.1 Å². The van der Waals surface area contributed by atoms with Gasteiger partial charge in [0, 0.05) is 23.5 Å². The van der Waals surface area contributed by atoms with E-state index in [1.807, 2.05) is 0 Å². The molecule has 1 atom stereocenters. The molecular weight excluding hydrogens is 513 g/mol. The fraction of sp³-hybridized carbons (Fsp3) is 0.238. The fourth-order valence-corrected chi connectivity index (χ4v) is 4.51. The Kier molecular flexibility index (Phi) is 6.77. The summed E-state index contributed by atoms with van der Waals surface area (Å²) in [6, 6.07) is 3.15. The number of urea groups is 1. The molecule has 0 unspecified atom stereocenters. The van der Waals surface area contributed by atoms with Crippen molar-refractivity contribution in [1.82, 2.24) is 9.88 Å². The number of sulfonamides is 1. The van der Waals surface area contributed by atoms with Crippen molar-refractivity contribution in [3.63, 3.8) is 0 Å². The van der Waals surface area contributed by atoms with Crippen molar-refractivity contribution in [3.05, 3.63) is 74.4 Å². The van der Waals surface area contributed by atoms with Crippen LogP contribution in [0.1, 0.15) is 17.3 Å². The van der Waals surface area contributed by atoms with Crippen LogP contribution in [-0.2, 0) is 21.4 Å². The van der Waals surface area contributed by atoms with Crippen LogP contribution in [0.5, 0.6) is 0 Å². The second-order valence-electron chi connectivity index (χ2n) is 7.81. The first-order valence-corrected chi connectivity index (χ1v) is 12.2. The van der Waals surface area contributed by atoms with E-state index in [9.17, 15) is 31.2 Å². The van der Waals surface area contributed by atoms with E-state index in [4.69, 9.17) is 21.5 Å². The van der Waals surface area contributed by atoms with E-state index in [0.717, 1.165) is 29.2 Å². The Hall–Kier alpha value is -3.13. The minimum absolute atomic E-state index is 0.0363. The van der Waals surface area contributed by atoms with E-state index >= 15 is 0 Å². The number of carbonyl (C=O) groups is 1. The highest BCUT2D eigenvalue weighted by atomic mass is 35.5. The highest BCUT2D eigenvalue weighted by molar-refractivity contribution is 7.89. The number of nitrogens with one attached hydrogen (secondary N) is 2. The summed E-state index contributed by atoms with van der Waals surface area (Å²) < 4.78 is 70.3. The van der Waals surface area contributed by atoms with Crippen molar-refractivity contribution in [3.8, 4) is 0 Å². The van der Waals surface area contributed by atoms with Gasteiger partial charge in [0.2, 0.25) is 10.0 Å². The number of amides is 2. The minimum Gasteiger partial charge on any atom is -0.373 e. The molecule has 0 saturated carbocycles. The first kappa shape index (κ1) is 25.0. The molecular formula is C21H18ClF3N4O5S. The maximum absolute atomic E-state index is 14.1. The molecule has 3 aromatic rings. The van der Waals surface area contributed by atoms with E-state index in [1.54, 1.807) is 0 Å². The van der Waals surface area contributed by atoms with Crippen molar-refractivity contribution < 1.29 is 31.1 Å². The van der Waals surface area contributed by atoms with Crippen LogP contribution in [0.25, 0.3) is 10.8 Å². The normalized spacial score (nSPS) is 15.6. The monoisotopic (exact) mass is 530 g/mol. The number of nitrogens with zero attached hydrogens (tertiary/aromatic N) is 1. The predicted molar refractivity (Wildman–Crippen MR) is 122 cm³/mol. The highest BCUT2D eigenvalue weighted by Gasteiger charge is 2.33. The summed E-state index contributed by atoms with van der Waals surface area (Å²) in [5, 5.41) is 7.24. The zero-order valence-corrected chi connectivity index (χ0v) is 19.4. The standard InChI is InChI=1S/C21H18ClF3N4O5S/c22-13-5-10(1-2-14(13)23)27-21(31)29(3-4-35(26,32)33)18-9-34-8-17-19(18)11-6-15(24)16(25)7-12(11)20(30)28-17/h1-2,5-7,18H,3-4,8-9H2,(H,27,31)(H,28,30)(H2,26,32,33)/t18-/m0/s1. The van der Waals surface area contributed by atoms with Gasteiger partial charge in [0.1, 0.15) is 5.82 Å². The molecule has 186 valence electrons. The number of nitrogens with two attached hydrogens (primary N) is 1. The average molecular weight is 531 g/mol. The quantitative estimate of drug-likeness (QED) is 0.466. The van der Waals surface area contributed by atoms with Crippen molar-refractivity contribution >= 4 is 44.1 Å². The van der Waals surface area contributed by atoms with E-state index in [1.165, 1.54) is 6.07 Å². The number of halogens is 4. The van der Waals surface area contributed by atoms with Gasteiger partial charge in [-0.15, -0.1) is 0 Å². The number of rotatable bonds is 5. The van der Waals surface area contributed by atoms with Crippen molar-refractivity contribution in [2.24, 2.45) is 5.14 Å². The highest BCUT2D eigenvalue weighted by Crippen LogP contribution is 2.34. The maximum atomic E-state index is 14.1. The number of pyridine rings is 1. The van der Waals surface area contributed by atoms with Crippen molar-refractivity contribution in [2.45, 2.75) is 12.6 Å². The zero-order chi connectivity index (χ0) is 25.5. The van der Waals surface area contributed by atoms with E-state index in [2.05, 4.69) is 10.3 Å². The lowest BCUT2D eigenvalue weighted by atomic mass is 9.95. The number of aromatic amines is 1. The first-order valence-electron chi connectivity index (χ1n) is 10.1. The summed E-state index contributed by atoms with van der Waals surface area (Å²) in [6.07, 6.45) is 0. The van der Waals surface area contributed by atoms with Crippen LogP contribution in [0.3, 0.4) is 0 Å². The number of hydrogen-bond acceptors (Lipinski definition) is 5. The summed E-state index contributed by atoms with van der Waals surface area (Å²) in [7, 11) is -4.02. The lowest BCUT2D eigenvalue weighted by Crippen LogP contribution is -2.45. The summed E-state index contributed by atoms with van der Waals surface area (Å²) in [5.41, 5.74) is -0.115. The van der Waals surface area contributed by atoms with E-state index in [0.29, 0.717) is 0 Å². The second kappa shape index (κ2) is 9.49. The molecule has 0 radical (unpaired) electrons. The van der Waals surface area contributed by atoms with Gasteiger partial charge in [-0.2, -0.15) is 0 Å². The molecule has 35 heavy (non-hydrogen) atoms. The zero-order valence-electron chi connectivity index (χ0n) is 17.8. The molecule has 0 aliphatic carbocycles. The molecule has 4 N–H and O–H groups in total. The molecule has 2 heterocycles. The Balaban J connectivity index is 1.81. The molecule has 1 aliphatic rings. The smallest absolute Gasteiger partial charge is 0.322 e. The molecule has 0 spiro atoms. The Morgan fingerprint density at radius 3 is 2.51 bits per heavy atom. The lowest BCUT2D eigenvalue weighted by molar-refractivity contribution is 0.0473. The number of carbonyl (C=O) groups excluding carboxylic acids is 1. The van der Waals surface area contributed by atoms with Gasteiger partial charge in [-0.25, -0.2) is 31.5 Å². The summed E-state index contributed by atoms with van der Waals surface area (Å²) >= 11 is 5.77. The molecule has 9 nitrogen and oxygen atoms in total. The van der Waals surface area contributed by atoms with Crippen LogP contribution in [0, 0.1) is 17.5 Å². The molecule has 0 bridgehead atoms. The average Bonchev–Trinajstić information content (AvgIpc) is 2.77. The number of fused-ring (bicyclic) bond motifs is 3. The van der Waals surface area contributed by atoms with Gasteiger partial charge >= 0.3 is 6.03 Å². The molecule has 14 heteroatoms. The molecule has 1 aromatic heterocycles. The van der Waals surface area contributed by atoms with Crippen LogP contribution in [-0.4, -0.2) is 43.2 Å². The third-order valence-corrected chi connectivity index (χ3v) is 6.51. The Labute approximate surface area is 201 Å². The molecule has 2 amide bonds. The molecule has 0 saturated heterocycles. The molecule has 4 rings (SSSR count). The van der Waals surface area contributed by atoms with Crippen LogP contribution in [0.2, 0.25) is 5.02 Å². The van der Waals surface area contributed by atoms with Crippen LogP contribution < -0.4 is 16.0 Å². The second-order valence-corrected chi connectivity index (χ2v) is 9.95. The maximum Gasteiger partial charge on any atom is 0.322 e. The third kappa shape index (κ3) is 5.27. The van der Waals surface area contributed by atoms with Crippen molar-refractivity contribution in [2.75, 3.05) is 24.2 Å². The predicted octanol–water partition coefficient (Wildman–Crippen LogP) is 2.99. The number of H-pyrrole nitrogens is 1. The van der Waals surface area contributed by atoms with E-state index in [-0.39, 0.29) is 46.0 Å². The summed E-state index contributed by atoms with van der Waals surface area (Å²) in [4.78, 5) is 29.3. The number of primary sulfonamides is 1.